The number of hydrogen-bond acceptors (Lipinski definition) is 7. The number of benzene rings is 1. The van der Waals surface area contributed by atoms with E-state index in [1.54, 1.807) is 31.2 Å². The Hall–Kier alpha value is -3.89. The lowest BCUT2D eigenvalue weighted by Gasteiger charge is -2.34. The quantitative estimate of drug-likeness (QED) is 0.672. The highest BCUT2D eigenvalue weighted by Crippen LogP contribution is 2.30. The molecule has 1 aliphatic rings. The summed E-state index contributed by atoms with van der Waals surface area (Å²) in [5, 5.41) is 12.5. The van der Waals surface area contributed by atoms with Crippen molar-refractivity contribution in [2.24, 2.45) is 0 Å². The Balaban J connectivity index is 1.70. The summed E-state index contributed by atoms with van der Waals surface area (Å²) in [5.74, 6) is -2.50. The molecule has 1 aromatic carbocycles. The lowest BCUT2D eigenvalue weighted by molar-refractivity contribution is -0.131. The summed E-state index contributed by atoms with van der Waals surface area (Å²) in [4.78, 5) is 56.1. The molecule has 0 saturated carbocycles. The summed E-state index contributed by atoms with van der Waals surface area (Å²) >= 11 is 0. The smallest absolute Gasteiger partial charge is 0.409 e. The highest BCUT2D eigenvalue weighted by Gasteiger charge is 2.27. The zero-order valence-electron chi connectivity index (χ0n) is 17.8. The molecule has 0 bridgehead atoms. The number of aromatic nitrogens is 1. The molecule has 0 atom stereocenters. The number of para-hydroxylation sites is 1. The Morgan fingerprint density at radius 2 is 1.75 bits per heavy atom. The number of carbonyl (C=O) groups is 4. The van der Waals surface area contributed by atoms with Crippen LogP contribution in [0.4, 0.5) is 4.79 Å². The predicted molar refractivity (Wildman–Crippen MR) is 113 cm³/mol. The van der Waals surface area contributed by atoms with Gasteiger partial charge in [-0.25, -0.2) is 14.6 Å². The van der Waals surface area contributed by atoms with Crippen molar-refractivity contribution in [3.8, 4) is 5.75 Å². The van der Waals surface area contributed by atoms with Gasteiger partial charge in [-0.05, 0) is 13.0 Å². The van der Waals surface area contributed by atoms with Crippen LogP contribution < -0.4 is 10.1 Å². The van der Waals surface area contributed by atoms with Crippen LogP contribution >= 0.6 is 0 Å². The number of carboxylic acid groups (broad SMARTS) is 1. The van der Waals surface area contributed by atoms with Gasteiger partial charge in [-0.1, -0.05) is 18.2 Å². The van der Waals surface area contributed by atoms with Crippen LogP contribution in [0, 0.1) is 0 Å². The van der Waals surface area contributed by atoms with Crippen molar-refractivity contribution in [1.82, 2.24) is 20.1 Å². The maximum Gasteiger partial charge on any atom is 0.409 e. The Kier molecular flexibility index (Phi) is 7.08. The van der Waals surface area contributed by atoms with Crippen LogP contribution in [-0.4, -0.2) is 90.2 Å². The van der Waals surface area contributed by atoms with Crippen LogP contribution in [0.3, 0.4) is 0 Å². The standard InChI is InChI=1S/C21H24N4O7/c1-3-32-21(30)25-10-8-24(9-11-25)15(26)12-22-19(27)17-18(31-2)16(20(28)29)13-6-4-5-7-14(13)23-17/h4-7H,3,8-12H2,1-2H3,(H,22,27)(H,28,29). The molecule has 32 heavy (non-hydrogen) atoms. The molecular formula is C21H24N4O7. The van der Waals surface area contributed by atoms with Crippen LogP contribution in [-0.2, 0) is 9.53 Å². The molecule has 11 nitrogen and oxygen atoms in total. The molecule has 0 unspecified atom stereocenters. The Bertz CT molecular complexity index is 1050. The van der Waals surface area contributed by atoms with E-state index in [9.17, 15) is 24.3 Å². The lowest BCUT2D eigenvalue weighted by Crippen LogP contribution is -2.52. The number of hydrogen-bond donors (Lipinski definition) is 2. The molecular weight excluding hydrogens is 420 g/mol. The lowest BCUT2D eigenvalue weighted by atomic mass is 10.1. The summed E-state index contributed by atoms with van der Waals surface area (Å²) in [6, 6.07) is 6.51. The molecule has 2 N–H and O–H groups in total. The van der Waals surface area contributed by atoms with Crippen molar-refractivity contribution >= 4 is 34.8 Å². The molecule has 1 aliphatic heterocycles. The van der Waals surface area contributed by atoms with Crippen molar-refractivity contribution in [3.05, 3.63) is 35.5 Å². The zero-order valence-corrected chi connectivity index (χ0v) is 17.8. The predicted octanol–water partition coefficient (Wildman–Crippen LogP) is 0.972. The van der Waals surface area contributed by atoms with E-state index in [0.29, 0.717) is 37.1 Å². The first kappa shape index (κ1) is 22.8. The van der Waals surface area contributed by atoms with Gasteiger partial charge in [0.15, 0.2) is 11.4 Å². The van der Waals surface area contributed by atoms with Gasteiger partial charge < -0.3 is 29.7 Å². The van der Waals surface area contributed by atoms with E-state index in [1.165, 1.54) is 16.9 Å². The number of nitrogens with one attached hydrogen (secondary N) is 1. The second kappa shape index (κ2) is 9.94. The molecule has 2 heterocycles. The minimum absolute atomic E-state index is 0.176. The Labute approximate surface area is 183 Å². The molecule has 0 radical (unpaired) electrons. The number of piperazine rings is 1. The van der Waals surface area contributed by atoms with Crippen molar-refractivity contribution < 1.29 is 33.8 Å². The van der Waals surface area contributed by atoms with Crippen LogP contribution in [0.1, 0.15) is 27.8 Å². The van der Waals surface area contributed by atoms with Gasteiger partial charge >= 0.3 is 12.1 Å². The third-order valence-corrected chi connectivity index (χ3v) is 5.04. The average molecular weight is 444 g/mol. The maximum absolute atomic E-state index is 12.8. The van der Waals surface area contributed by atoms with Crippen molar-refractivity contribution in [3.63, 3.8) is 0 Å². The number of amides is 3. The number of pyridine rings is 1. The van der Waals surface area contributed by atoms with E-state index in [4.69, 9.17) is 9.47 Å². The molecule has 1 aromatic heterocycles. The van der Waals surface area contributed by atoms with Crippen molar-refractivity contribution in [2.75, 3.05) is 46.4 Å². The number of carboxylic acids is 1. The fraction of sp³-hybridized carbons (Fsp3) is 0.381. The van der Waals surface area contributed by atoms with Crippen LogP contribution in [0.2, 0.25) is 0 Å². The van der Waals surface area contributed by atoms with Gasteiger partial charge in [0.25, 0.3) is 5.91 Å². The number of ether oxygens (including phenoxy) is 2. The third-order valence-electron chi connectivity index (χ3n) is 5.04. The summed E-state index contributed by atoms with van der Waals surface area (Å²) in [6.07, 6.45) is -0.420. The van der Waals surface area contributed by atoms with Crippen molar-refractivity contribution in [2.45, 2.75) is 6.92 Å². The summed E-state index contributed by atoms with van der Waals surface area (Å²) in [5.41, 5.74) is -0.0783. The SMILES string of the molecule is CCOC(=O)N1CCN(C(=O)CNC(=O)c2nc3ccccc3c(C(=O)O)c2OC)CC1. The molecule has 3 rings (SSSR count). The highest BCUT2D eigenvalue weighted by atomic mass is 16.6. The second-order valence-electron chi connectivity index (χ2n) is 6.94. The summed E-state index contributed by atoms with van der Waals surface area (Å²) in [6.45, 7) is 2.99. The van der Waals surface area contributed by atoms with Crippen LogP contribution in [0.5, 0.6) is 5.75 Å². The van der Waals surface area contributed by atoms with E-state index in [-0.39, 0.29) is 36.1 Å². The summed E-state index contributed by atoms with van der Waals surface area (Å²) in [7, 11) is 1.25. The largest absolute Gasteiger partial charge is 0.493 e. The molecule has 170 valence electrons. The van der Waals surface area contributed by atoms with Gasteiger partial charge in [0.05, 0.1) is 25.8 Å². The Morgan fingerprint density at radius 1 is 1.09 bits per heavy atom. The van der Waals surface area contributed by atoms with E-state index in [0.717, 1.165) is 0 Å². The number of aromatic carboxylic acids is 1. The first-order chi connectivity index (χ1) is 15.4. The van der Waals surface area contributed by atoms with Gasteiger partial charge in [-0.15, -0.1) is 0 Å². The van der Waals surface area contributed by atoms with E-state index in [1.807, 2.05) is 0 Å². The minimum Gasteiger partial charge on any atom is -0.493 e. The van der Waals surface area contributed by atoms with Gasteiger partial charge in [0, 0.05) is 31.6 Å². The molecule has 2 aromatic rings. The zero-order chi connectivity index (χ0) is 23.3. The maximum atomic E-state index is 12.8. The normalized spacial score (nSPS) is 13.6. The number of fused-ring (bicyclic) bond motifs is 1. The van der Waals surface area contributed by atoms with Gasteiger partial charge in [-0.2, -0.15) is 0 Å². The van der Waals surface area contributed by atoms with E-state index < -0.39 is 18.0 Å². The van der Waals surface area contributed by atoms with Crippen molar-refractivity contribution in [1.29, 1.82) is 0 Å². The average Bonchev–Trinajstić information content (AvgIpc) is 2.81. The molecule has 3 amide bonds. The van der Waals surface area contributed by atoms with Gasteiger partial charge in [-0.3, -0.25) is 9.59 Å². The summed E-state index contributed by atoms with van der Waals surface area (Å²) < 4.78 is 10.1. The van der Waals surface area contributed by atoms with Gasteiger partial charge in [0.1, 0.15) is 5.56 Å². The van der Waals surface area contributed by atoms with Crippen LogP contribution in [0.15, 0.2) is 24.3 Å². The van der Waals surface area contributed by atoms with E-state index in [2.05, 4.69) is 10.3 Å². The molecule has 0 aliphatic carbocycles. The molecule has 0 spiro atoms. The van der Waals surface area contributed by atoms with Gasteiger partial charge in [0.2, 0.25) is 5.91 Å². The minimum atomic E-state index is -1.26. The second-order valence-corrected chi connectivity index (χ2v) is 6.94. The fourth-order valence-electron chi connectivity index (χ4n) is 3.46. The number of rotatable bonds is 6. The number of methoxy groups -OCH3 is 1. The molecule has 11 heteroatoms. The Morgan fingerprint density at radius 3 is 2.38 bits per heavy atom. The van der Waals surface area contributed by atoms with Crippen LogP contribution in [0.25, 0.3) is 10.9 Å². The highest BCUT2D eigenvalue weighted by molar-refractivity contribution is 6.10. The third kappa shape index (κ3) is 4.71. The number of carbonyl (C=O) groups excluding carboxylic acids is 3. The van der Waals surface area contributed by atoms with E-state index >= 15 is 0 Å². The monoisotopic (exact) mass is 444 g/mol. The number of nitrogens with zero attached hydrogens (tertiary/aromatic N) is 3. The topological polar surface area (TPSA) is 138 Å². The molecule has 1 fully saturated rings. The molecule has 1 saturated heterocycles. The first-order valence-electron chi connectivity index (χ1n) is 10.0. The fourth-order valence-corrected chi connectivity index (χ4v) is 3.46. The first-order valence-corrected chi connectivity index (χ1v) is 10.0.